The highest BCUT2D eigenvalue weighted by atomic mass is 32.2. The van der Waals surface area contributed by atoms with Gasteiger partial charge in [-0.3, -0.25) is 9.52 Å². The quantitative estimate of drug-likeness (QED) is 0.796. The number of sulfonamides is 1. The first-order chi connectivity index (χ1) is 12.1. The van der Waals surface area contributed by atoms with Gasteiger partial charge in [0.15, 0.2) is 0 Å². The van der Waals surface area contributed by atoms with E-state index in [0.29, 0.717) is 12.3 Å². The van der Waals surface area contributed by atoms with Gasteiger partial charge in [-0.2, -0.15) is 13.2 Å². The monoisotopic (exact) mass is 388 g/mol. The Morgan fingerprint density at radius 2 is 1.73 bits per heavy atom. The Hall–Kier alpha value is -2.59. The lowest BCUT2D eigenvalue weighted by molar-refractivity contribution is -0.167. The zero-order valence-electron chi connectivity index (χ0n) is 13.5. The molecule has 2 aromatic carbocycles. The molecule has 0 atom stereocenters. The van der Waals surface area contributed by atoms with Gasteiger partial charge in [-0.05, 0) is 42.0 Å². The van der Waals surface area contributed by atoms with E-state index < -0.39 is 22.1 Å². The van der Waals surface area contributed by atoms with E-state index in [1.807, 2.05) is 0 Å². The number of nitrogens with one attached hydrogen (secondary N) is 2. The van der Waals surface area contributed by atoms with Crippen LogP contribution >= 0.6 is 0 Å². The second-order valence-corrected chi connectivity index (χ2v) is 6.90. The third kappa shape index (κ3) is 5.20. The molecule has 0 saturated heterocycles. The van der Waals surface area contributed by atoms with E-state index in [9.17, 15) is 26.4 Å². The maximum Gasteiger partial charge on any atom is 0.471 e. The van der Waals surface area contributed by atoms with Crippen LogP contribution in [0, 0.1) is 0 Å². The Kier molecular flexibility index (Phi) is 5.88. The van der Waals surface area contributed by atoms with E-state index in [4.69, 9.17) is 4.74 Å². The number of halogens is 3. The minimum absolute atomic E-state index is 0.167. The average molecular weight is 388 g/mol. The molecule has 1 amide bonds. The van der Waals surface area contributed by atoms with Crippen molar-refractivity contribution in [3.8, 4) is 0 Å². The van der Waals surface area contributed by atoms with Crippen LogP contribution < -0.4 is 10.0 Å². The van der Waals surface area contributed by atoms with Crippen LogP contribution in [0.4, 0.5) is 24.5 Å². The summed E-state index contributed by atoms with van der Waals surface area (Å²) in [6.07, 6.45) is -5.03. The third-order valence-corrected chi connectivity index (χ3v) is 4.57. The molecule has 0 aliphatic heterocycles. The third-order valence-electron chi connectivity index (χ3n) is 3.17. The molecule has 0 aliphatic carbocycles. The van der Waals surface area contributed by atoms with E-state index in [2.05, 4.69) is 4.72 Å². The van der Waals surface area contributed by atoms with E-state index in [0.717, 1.165) is 29.8 Å². The van der Waals surface area contributed by atoms with Crippen molar-refractivity contribution in [3.05, 3.63) is 54.1 Å². The molecule has 0 bridgehead atoms. The molecule has 140 valence electrons. The first kappa shape index (κ1) is 19.7. The molecule has 0 unspecified atom stereocenters. The lowest BCUT2D eigenvalue weighted by Crippen LogP contribution is -2.29. The van der Waals surface area contributed by atoms with Crippen LogP contribution in [0.1, 0.15) is 5.56 Å². The summed E-state index contributed by atoms with van der Waals surface area (Å²) in [5.74, 6) is -2.14. The fraction of sp³-hybridized carbons (Fsp3) is 0.188. The van der Waals surface area contributed by atoms with Crippen molar-refractivity contribution < 1.29 is 31.1 Å². The number of carbonyl (C=O) groups excluding carboxylic acids is 1. The smallest absolute Gasteiger partial charge is 0.380 e. The number of alkyl halides is 3. The molecule has 0 aliphatic rings. The summed E-state index contributed by atoms with van der Waals surface area (Å²) in [5.41, 5.74) is 0.903. The molecule has 0 aromatic heterocycles. The summed E-state index contributed by atoms with van der Waals surface area (Å²) in [6, 6.07) is 10.9. The molecule has 2 N–H and O–H groups in total. The van der Waals surface area contributed by atoms with Gasteiger partial charge in [-0.1, -0.05) is 12.1 Å². The largest absolute Gasteiger partial charge is 0.471 e. The number of benzene rings is 2. The molecule has 0 heterocycles. The molecule has 26 heavy (non-hydrogen) atoms. The predicted octanol–water partition coefficient (Wildman–Crippen LogP) is 3.13. The van der Waals surface area contributed by atoms with Crippen LogP contribution in [0.25, 0.3) is 0 Å². The second kappa shape index (κ2) is 7.75. The van der Waals surface area contributed by atoms with E-state index in [1.165, 1.54) is 7.11 Å². The second-order valence-electron chi connectivity index (χ2n) is 5.22. The number of carbonyl (C=O) groups is 1. The number of ether oxygens (including phenoxy) is 1. The van der Waals surface area contributed by atoms with Crippen molar-refractivity contribution in [2.45, 2.75) is 17.7 Å². The Labute approximate surface area is 148 Å². The highest BCUT2D eigenvalue weighted by Crippen LogP contribution is 2.21. The van der Waals surface area contributed by atoms with Crippen molar-refractivity contribution in [1.82, 2.24) is 0 Å². The van der Waals surface area contributed by atoms with Crippen LogP contribution in [0.15, 0.2) is 53.4 Å². The Balaban J connectivity index is 2.14. The van der Waals surface area contributed by atoms with Crippen LogP contribution in [0.5, 0.6) is 0 Å². The highest BCUT2D eigenvalue weighted by Gasteiger charge is 2.38. The SMILES string of the molecule is COCc1cccc(NS(=O)(=O)c2ccc(NC(=O)C(F)(F)F)cc2)c1. The summed E-state index contributed by atoms with van der Waals surface area (Å²) in [6.45, 7) is 0.309. The van der Waals surface area contributed by atoms with Gasteiger partial charge in [-0.15, -0.1) is 0 Å². The molecule has 0 saturated carbocycles. The van der Waals surface area contributed by atoms with Crippen molar-refractivity contribution in [2.24, 2.45) is 0 Å². The molecular formula is C16H15F3N2O4S. The zero-order chi connectivity index (χ0) is 19.4. The first-order valence-corrected chi connectivity index (χ1v) is 8.69. The highest BCUT2D eigenvalue weighted by molar-refractivity contribution is 7.92. The lowest BCUT2D eigenvalue weighted by atomic mass is 10.2. The minimum atomic E-state index is -5.03. The van der Waals surface area contributed by atoms with Gasteiger partial charge in [0, 0.05) is 18.5 Å². The first-order valence-electron chi connectivity index (χ1n) is 7.21. The van der Waals surface area contributed by atoms with Crippen LogP contribution in [-0.2, 0) is 26.2 Å². The van der Waals surface area contributed by atoms with E-state index in [1.54, 1.807) is 29.6 Å². The number of hydrogen-bond acceptors (Lipinski definition) is 4. The fourth-order valence-corrected chi connectivity index (χ4v) is 3.07. The van der Waals surface area contributed by atoms with Gasteiger partial charge < -0.3 is 10.1 Å². The van der Waals surface area contributed by atoms with Crippen LogP contribution in [-0.4, -0.2) is 27.6 Å². The van der Waals surface area contributed by atoms with Crippen molar-refractivity contribution in [3.63, 3.8) is 0 Å². The molecule has 0 radical (unpaired) electrons. The average Bonchev–Trinajstić information content (AvgIpc) is 2.54. The summed E-state index contributed by atoms with van der Waals surface area (Å²) in [5, 5.41) is 1.64. The van der Waals surface area contributed by atoms with Crippen LogP contribution in [0.3, 0.4) is 0 Å². The molecule has 2 aromatic rings. The number of rotatable bonds is 6. The Morgan fingerprint density at radius 1 is 1.08 bits per heavy atom. The maximum atomic E-state index is 12.4. The molecule has 0 spiro atoms. The van der Waals surface area contributed by atoms with Gasteiger partial charge in [-0.25, -0.2) is 8.42 Å². The number of methoxy groups -OCH3 is 1. The van der Waals surface area contributed by atoms with Gasteiger partial charge in [0.25, 0.3) is 10.0 Å². The Morgan fingerprint density at radius 3 is 2.31 bits per heavy atom. The van der Waals surface area contributed by atoms with Crippen molar-refractivity contribution >= 4 is 27.3 Å². The normalized spacial score (nSPS) is 11.8. The predicted molar refractivity (Wildman–Crippen MR) is 89.1 cm³/mol. The topological polar surface area (TPSA) is 84.5 Å². The van der Waals surface area contributed by atoms with Crippen molar-refractivity contribution in [2.75, 3.05) is 17.1 Å². The number of amides is 1. The molecular weight excluding hydrogens is 373 g/mol. The zero-order valence-corrected chi connectivity index (χ0v) is 14.3. The van der Waals surface area contributed by atoms with Gasteiger partial charge in [0.05, 0.1) is 11.5 Å². The Bertz CT molecular complexity index is 881. The fourth-order valence-electron chi connectivity index (χ4n) is 2.02. The maximum absolute atomic E-state index is 12.4. The summed E-state index contributed by atoms with van der Waals surface area (Å²) >= 11 is 0. The molecule has 2 rings (SSSR count). The summed E-state index contributed by atoms with van der Waals surface area (Å²) in [7, 11) is -2.43. The lowest BCUT2D eigenvalue weighted by Gasteiger charge is -2.11. The van der Waals surface area contributed by atoms with Crippen LogP contribution in [0.2, 0.25) is 0 Å². The minimum Gasteiger partial charge on any atom is -0.380 e. The van der Waals surface area contributed by atoms with Gasteiger partial charge in [0.2, 0.25) is 0 Å². The summed E-state index contributed by atoms with van der Waals surface area (Å²) < 4.78 is 68.7. The van der Waals surface area contributed by atoms with Gasteiger partial charge in [0.1, 0.15) is 0 Å². The number of anilines is 2. The summed E-state index contributed by atoms with van der Waals surface area (Å²) in [4.78, 5) is 10.7. The molecule has 6 nitrogen and oxygen atoms in total. The van der Waals surface area contributed by atoms with E-state index in [-0.39, 0.29) is 10.6 Å². The standard InChI is InChI=1S/C16H15F3N2O4S/c1-25-10-11-3-2-4-13(9-11)21-26(23,24)14-7-5-12(6-8-14)20-15(22)16(17,18)19/h2-9,21H,10H2,1H3,(H,20,22). The van der Waals surface area contributed by atoms with Crippen molar-refractivity contribution in [1.29, 1.82) is 0 Å². The molecule has 10 heteroatoms. The molecule has 0 fully saturated rings. The number of hydrogen-bond donors (Lipinski definition) is 2. The van der Waals surface area contributed by atoms with Gasteiger partial charge >= 0.3 is 12.1 Å². The van der Waals surface area contributed by atoms with E-state index >= 15 is 0 Å².